The number of tetrazole rings is 1. The van der Waals surface area contributed by atoms with E-state index >= 15 is 0 Å². The third-order valence-electron chi connectivity index (χ3n) is 2.81. The van der Waals surface area contributed by atoms with E-state index in [1.165, 1.54) is 0 Å². The minimum absolute atomic E-state index is 0.404. The maximum Gasteiger partial charge on any atom is 0.186 e. The molecule has 1 aromatic heterocycles. The molecule has 1 heterocycles. The third-order valence-corrected chi connectivity index (χ3v) is 3.12. The molecule has 2 rings (SSSR count). The van der Waals surface area contributed by atoms with Crippen LogP contribution in [0, 0.1) is 0 Å². The first-order valence-electron chi connectivity index (χ1n) is 5.79. The van der Waals surface area contributed by atoms with E-state index in [1.807, 2.05) is 13.8 Å². The van der Waals surface area contributed by atoms with Crippen LogP contribution in [0.3, 0.4) is 0 Å². The van der Waals surface area contributed by atoms with Crippen molar-refractivity contribution in [2.45, 2.75) is 19.4 Å². The molecule has 0 aliphatic carbocycles. The van der Waals surface area contributed by atoms with Crippen molar-refractivity contribution >= 4 is 17.3 Å². The van der Waals surface area contributed by atoms with Crippen LogP contribution in [0.15, 0.2) is 18.2 Å². The van der Waals surface area contributed by atoms with Gasteiger partial charge in [0.2, 0.25) is 0 Å². The van der Waals surface area contributed by atoms with E-state index in [4.69, 9.17) is 22.1 Å². The molecule has 0 fully saturated rings. The molecule has 0 saturated heterocycles. The minimum atomic E-state index is -0.404. The molecule has 0 atom stereocenters. The van der Waals surface area contributed by atoms with E-state index in [-0.39, 0.29) is 0 Å². The van der Waals surface area contributed by atoms with Crippen LogP contribution in [0.5, 0.6) is 0 Å². The lowest BCUT2D eigenvalue weighted by Crippen LogP contribution is -2.33. The maximum absolute atomic E-state index is 6.20. The van der Waals surface area contributed by atoms with Crippen molar-refractivity contribution < 1.29 is 4.74 Å². The van der Waals surface area contributed by atoms with Crippen LogP contribution in [0.4, 0.5) is 5.69 Å². The number of halogens is 1. The number of rotatable bonds is 4. The number of ether oxygens (including phenoxy) is 1. The summed E-state index contributed by atoms with van der Waals surface area (Å²) in [5.41, 5.74) is 6.75. The molecule has 0 amide bonds. The first kappa shape index (κ1) is 13.8. The number of methoxy groups -OCH3 is 1. The molecule has 0 spiro atoms. The fourth-order valence-corrected chi connectivity index (χ4v) is 2.21. The van der Waals surface area contributed by atoms with Crippen LogP contribution in [-0.2, 0) is 10.3 Å². The van der Waals surface area contributed by atoms with Gasteiger partial charge in [0, 0.05) is 12.8 Å². The number of hydrogen-bond acceptors (Lipinski definition) is 5. The van der Waals surface area contributed by atoms with E-state index in [0.717, 1.165) is 0 Å². The van der Waals surface area contributed by atoms with E-state index < -0.39 is 5.54 Å². The number of nitrogen functional groups attached to an aromatic ring is 1. The van der Waals surface area contributed by atoms with Crippen molar-refractivity contribution in [1.29, 1.82) is 0 Å². The second-order valence-electron chi connectivity index (χ2n) is 4.86. The predicted octanol–water partition coefficient (Wildman–Crippen LogP) is 1.96. The van der Waals surface area contributed by atoms with Gasteiger partial charge in [0.25, 0.3) is 0 Å². The Morgan fingerprint density at radius 3 is 2.79 bits per heavy atom. The van der Waals surface area contributed by atoms with Gasteiger partial charge in [-0.3, -0.25) is 0 Å². The Kier molecular flexibility index (Phi) is 3.73. The summed E-state index contributed by atoms with van der Waals surface area (Å²) in [5, 5.41) is 12.3. The topological polar surface area (TPSA) is 78.8 Å². The molecule has 0 saturated carbocycles. The van der Waals surface area contributed by atoms with Gasteiger partial charge in [0.1, 0.15) is 0 Å². The lowest BCUT2D eigenvalue weighted by molar-refractivity contribution is 0.101. The average molecular weight is 282 g/mol. The van der Waals surface area contributed by atoms with E-state index in [0.29, 0.717) is 28.7 Å². The Labute approximate surface area is 116 Å². The Morgan fingerprint density at radius 2 is 2.16 bits per heavy atom. The van der Waals surface area contributed by atoms with Gasteiger partial charge in [-0.05, 0) is 36.4 Å². The molecule has 2 N–H and O–H groups in total. The van der Waals surface area contributed by atoms with Gasteiger partial charge in [-0.2, -0.15) is 0 Å². The quantitative estimate of drug-likeness (QED) is 0.867. The van der Waals surface area contributed by atoms with Gasteiger partial charge in [-0.25, -0.2) is 4.68 Å². The van der Waals surface area contributed by atoms with Crippen molar-refractivity contribution in [3.8, 4) is 11.4 Å². The molecule has 0 unspecified atom stereocenters. The smallest absolute Gasteiger partial charge is 0.186 e. The summed E-state index contributed by atoms with van der Waals surface area (Å²) in [4.78, 5) is 0. The monoisotopic (exact) mass is 281 g/mol. The molecule has 2 aromatic rings. The van der Waals surface area contributed by atoms with Crippen molar-refractivity contribution in [1.82, 2.24) is 20.2 Å². The normalized spacial score (nSPS) is 11.8. The Balaban J connectivity index is 2.57. The van der Waals surface area contributed by atoms with Crippen LogP contribution in [0.1, 0.15) is 13.8 Å². The average Bonchev–Trinajstić information content (AvgIpc) is 2.78. The van der Waals surface area contributed by atoms with Gasteiger partial charge in [-0.1, -0.05) is 17.7 Å². The molecular weight excluding hydrogens is 266 g/mol. The maximum atomic E-state index is 6.20. The van der Waals surface area contributed by atoms with Crippen molar-refractivity contribution in [2.75, 3.05) is 19.5 Å². The van der Waals surface area contributed by atoms with E-state index in [9.17, 15) is 0 Å². The van der Waals surface area contributed by atoms with Gasteiger partial charge >= 0.3 is 0 Å². The van der Waals surface area contributed by atoms with Crippen molar-refractivity contribution in [3.05, 3.63) is 23.2 Å². The Hall–Kier alpha value is -1.66. The predicted molar refractivity (Wildman–Crippen MR) is 73.9 cm³/mol. The summed E-state index contributed by atoms with van der Waals surface area (Å²) >= 11 is 6.20. The van der Waals surface area contributed by atoms with Crippen LogP contribution < -0.4 is 5.73 Å². The van der Waals surface area contributed by atoms with Gasteiger partial charge in [0.05, 0.1) is 22.7 Å². The van der Waals surface area contributed by atoms with Crippen molar-refractivity contribution in [2.24, 2.45) is 0 Å². The van der Waals surface area contributed by atoms with Gasteiger partial charge in [0.15, 0.2) is 5.82 Å². The van der Waals surface area contributed by atoms with Gasteiger partial charge < -0.3 is 10.5 Å². The molecule has 0 bridgehead atoms. The SMILES string of the molecule is COCC(C)(C)n1nnnc1-c1c(N)cccc1Cl. The lowest BCUT2D eigenvalue weighted by atomic mass is 10.1. The second kappa shape index (κ2) is 5.14. The molecule has 0 radical (unpaired) electrons. The summed E-state index contributed by atoms with van der Waals surface area (Å²) in [5.74, 6) is 0.533. The molecule has 0 aliphatic heterocycles. The number of benzene rings is 1. The standard InChI is InChI=1S/C12H16ClN5O/c1-12(2,7-19-3)18-11(15-16-17-18)10-8(13)5-4-6-9(10)14/h4-6H,7,14H2,1-3H3. The van der Waals surface area contributed by atoms with E-state index in [2.05, 4.69) is 15.5 Å². The molecule has 19 heavy (non-hydrogen) atoms. The Bertz CT molecular complexity index is 561. The lowest BCUT2D eigenvalue weighted by Gasteiger charge is -2.25. The fraction of sp³-hybridized carbons (Fsp3) is 0.417. The van der Waals surface area contributed by atoms with Crippen molar-refractivity contribution in [3.63, 3.8) is 0 Å². The minimum Gasteiger partial charge on any atom is -0.398 e. The Morgan fingerprint density at radius 1 is 1.42 bits per heavy atom. The molecule has 6 nitrogen and oxygen atoms in total. The summed E-state index contributed by atoms with van der Waals surface area (Å²) in [6.07, 6.45) is 0. The zero-order valence-electron chi connectivity index (χ0n) is 11.1. The first-order valence-corrected chi connectivity index (χ1v) is 6.17. The fourth-order valence-electron chi connectivity index (χ4n) is 1.94. The zero-order chi connectivity index (χ0) is 14.0. The van der Waals surface area contributed by atoms with Crippen LogP contribution in [0.25, 0.3) is 11.4 Å². The summed E-state index contributed by atoms with van der Waals surface area (Å²) in [6, 6.07) is 5.31. The highest BCUT2D eigenvalue weighted by molar-refractivity contribution is 6.33. The van der Waals surface area contributed by atoms with Gasteiger partial charge in [-0.15, -0.1) is 5.10 Å². The van der Waals surface area contributed by atoms with Crippen LogP contribution in [0.2, 0.25) is 5.02 Å². The van der Waals surface area contributed by atoms with Crippen LogP contribution in [-0.4, -0.2) is 33.9 Å². The zero-order valence-corrected chi connectivity index (χ0v) is 11.8. The highest BCUT2D eigenvalue weighted by Crippen LogP contribution is 2.33. The first-order chi connectivity index (χ1) is 8.97. The number of anilines is 1. The molecule has 7 heteroatoms. The van der Waals surface area contributed by atoms with Crippen LogP contribution >= 0.6 is 11.6 Å². The molecule has 102 valence electrons. The molecular formula is C12H16ClN5O. The molecule has 0 aliphatic rings. The highest BCUT2D eigenvalue weighted by atomic mass is 35.5. The highest BCUT2D eigenvalue weighted by Gasteiger charge is 2.27. The summed E-state index contributed by atoms with van der Waals surface area (Å²) in [7, 11) is 1.63. The third kappa shape index (κ3) is 2.54. The number of nitrogens with two attached hydrogens (primary N) is 1. The number of aromatic nitrogens is 4. The second-order valence-corrected chi connectivity index (χ2v) is 5.27. The largest absolute Gasteiger partial charge is 0.398 e. The molecule has 1 aromatic carbocycles. The van der Waals surface area contributed by atoms with E-state index in [1.54, 1.807) is 30.0 Å². The summed E-state index contributed by atoms with van der Waals surface area (Å²) < 4.78 is 6.88. The summed E-state index contributed by atoms with van der Waals surface area (Å²) in [6.45, 7) is 4.42. The number of nitrogens with zero attached hydrogens (tertiary/aromatic N) is 4. The number of hydrogen-bond donors (Lipinski definition) is 1.